The largest absolute Gasteiger partial charge is 0.442 e. The van der Waals surface area contributed by atoms with Crippen LogP contribution in [-0.4, -0.2) is 9.97 Å². The smallest absolute Gasteiger partial charge is 0.181 e. The van der Waals surface area contributed by atoms with Crippen molar-refractivity contribution in [3.8, 4) is 22.6 Å². The molecule has 0 radical (unpaired) electrons. The highest BCUT2D eigenvalue weighted by atomic mass is 35.5. The van der Waals surface area contributed by atoms with Crippen LogP contribution in [0.1, 0.15) is 5.56 Å². The minimum absolute atomic E-state index is 0. The Morgan fingerprint density at radius 2 is 1.92 bits per heavy atom. The second-order valence-corrected chi connectivity index (χ2v) is 5.69. The molecule has 0 aliphatic carbocycles. The van der Waals surface area contributed by atoms with Crippen LogP contribution in [0.4, 0.5) is 0 Å². The number of nitrogens with one attached hydrogen (secondary N) is 1. The Bertz CT molecular complexity index is 960. The molecule has 4 nitrogen and oxygen atoms in total. The second-order valence-electron chi connectivity index (χ2n) is 5.31. The van der Waals surface area contributed by atoms with Crippen molar-refractivity contribution in [2.24, 2.45) is 5.73 Å². The Morgan fingerprint density at radius 1 is 1.12 bits per heavy atom. The Hall–Kier alpha value is -2.27. The predicted octanol–water partition coefficient (Wildman–Crippen LogP) is 5.02. The molecule has 24 heavy (non-hydrogen) atoms. The molecule has 2 aromatic carbocycles. The Morgan fingerprint density at radius 3 is 2.58 bits per heavy atom. The number of hydrogen-bond acceptors (Lipinski definition) is 3. The van der Waals surface area contributed by atoms with Crippen LogP contribution in [0.2, 0.25) is 5.02 Å². The lowest BCUT2D eigenvalue weighted by molar-refractivity contribution is 0.570. The van der Waals surface area contributed by atoms with Crippen LogP contribution in [-0.2, 0) is 6.54 Å². The lowest BCUT2D eigenvalue weighted by atomic mass is 10.0. The van der Waals surface area contributed by atoms with Crippen molar-refractivity contribution in [3.63, 3.8) is 0 Å². The van der Waals surface area contributed by atoms with E-state index in [9.17, 15) is 0 Å². The van der Waals surface area contributed by atoms with Crippen molar-refractivity contribution < 1.29 is 4.42 Å². The van der Waals surface area contributed by atoms with Crippen LogP contribution in [0.15, 0.2) is 59.5 Å². The monoisotopic (exact) mass is 359 g/mol. The zero-order chi connectivity index (χ0) is 15.8. The molecule has 3 N–H and O–H groups in total. The SMILES string of the molecule is Cl.NCc1ccc(-c2cccc3[nH]c(-c4cnco4)c(Cl)c23)cc1. The van der Waals surface area contributed by atoms with Crippen molar-refractivity contribution in [2.75, 3.05) is 0 Å². The molecule has 6 heteroatoms. The normalized spacial score (nSPS) is 10.8. The maximum Gasteiger partial charge on any atom is 0.181 e. The Labute approximate surface area is 150 Å². The minimum Gasteiger partial charge on any atom is -0.442 e. The van der Waals surface area contributed by atoms with Crippen LogP contribution >= 0.6 is 24.0 Å². The summed E-state index contributed by atoms with van der Waals surface area (Å²) in [4.78, 5) is 7.27. The lowest BCUT2D eigenvalue weighted by Gasteiger charge is -2.05. The maximum absolute atomic E-state index is 6.62. The molecule has 0 atom stereocenters. The summed E-state index contributed by atoms with van der Waals surface area (Å²) in [5.41, 5.74) is 10.6. The number of oxazole rings is 1. The van der Waals surface area contributed by atoms with E-state index in [1.807, 2.05) is 24.3 Å². The molecule has 2 aromatic heterocycles. The van der Waals surface area contributed by atoms with E-state index in [1.165, 1.54) is 6.39 Å². The van der Waals surface area contributed by atoms with E-state index in [4.69, 9.17) is 21.8 Å². The van der Waals surface area contributed by atoms with Gasteiger partial charge in [-0.3, -0.25) is 0 Å². The van der Waals surface area contributed by atoms with E-state index in [0.717, 1.165) is 33.3 Å². The highest BCUT2D eigenvalue weighted by Crippen LogP contribution is 2.39. The van der Waals surface area contributed by atoms with E-state index < -0.39 is 0 Å². The van der Waals surface area contributed by atoms with Gasteiger partial charge in [0.1, 0.15) is 5.69 Å². The van der Waals surface area contributed by atoms with E-state index in [2.05, 4.69) is 28.2 Å². The predicted molar refractivity (Wildman–Crippen MR) is 99.4 cm³/mol. The second kappa shape index (κ2) is 6.69. The quantitative estimate of drug-likeness (QED) is 0.539. The molecule has 122 valence electrons. The third-order valence-corrected chi connectivity index (χ3v) is 4.32. The van der Waals surface area contributed by atoms with Crippen LogP contribution < -0.4 is 5.73 Å². The first kappa shape index (κ1) is 16.6. The maximum atomic E-state index is 6.62. The first-order valence-electron chi connectivity index (χ1n) is 7.26. The number of H-pyrrole nitrogens is 1. The summed E-state index contributed by atoms with van der Waals surface area (Å²) in [6.45, 7) is 0.533. The fraction of sp³-hybridized carbons (Fsp3) is 0.0556. The molecule has 0 spiro atoms. The van der Waals surface area contributed by atoms with E-state index >= 15 is 0 Å². The fourth-order valence-corrected chi connectivity index (χ4v) is 3.12. The molecule has 0 amide bonds. The van der Waals surface area contributed by atoms with Crippen molar-refractivity contribution in [3.05, 3.63) is 65.6 Å². The van der Waals surface area contributed by atoms with Gasteiger partial charge in [0.25, 0.3) is 0 Å². The molecule has 0 unspecified atom stereocenters. The number of nitrogens with two attached hydrogens (primary N) is 1. The number of halogens is 2. The fourth-order valence-electron chi connectivity index (χ4n) is 2.78. The van der Waals surface area contributed by atoms with Gasteiger partial charge in [-0.15, -0.1) is 12.4 Å². The third kappa shape index (κ3) is 2.69. The molecule has 0 saturated carbocycles. The van der Waals surface area contributed by atoms with Crippen molar-refractivity contribution in [1.29, 1.82) is 0 Å². The number of hydrogen-bond donors (Lipinski definition) is 2. The third-order valence-electron chi connectivity index (χ3n) is 3.94. The van der Waals surface area contributed by atoms with Gasteiger partial charge < -0.3 is 15.1 Å². The molecule has 0 fully saturated rings. The van der Waals surface area contributed by atoms with Crippen LogP contribution in [0.3, 0.4) is 0 Å². The molecule has 0 aliphatic rings. The van der Waals surface area contributed by atoms with Gasteiger partial charge in [0.2, 0.25) is 0 Å². The molecule has 0 saturated heterocycles. The van der Waals surface area contributed by atoms with E-state index in [-0.39, 0.29) is 12.4 Å². The molecule has 2 heterocycles. The van der Waals surface area contributed by atoms with Gasteiger partial charge in [0, 0.05) is 17.4 Å². The summed E-state index contributed by atoms with van der Waals surface area (Å²) in [6.07, 6.45) is 3.04. The molecule has 0 aliphatic heterocycles. The summed E-state index contributed by atoms with van der Waals surface area (Å²) in [7, 11) is 0. The molecule has 4 rings (SSSR count). The highest BCUT2D eigenvalue weighted by Gasteiger charge is 2.17. The van der Waals surface area contributed by atoms with Crippen LogP contribution in [0.25, 0.3) is 33.5 Å². The van der Waals surface area contributed by atoms with Gasteiger partial charge in [-0.25, -0.2) is 4.98 Å². The molecule has 0 bridgehead atoms. The Kier molecular flexibility index (Phi) is 4.62. The number of aromatic amines is 1. The number of benzene rings is 2. The van der Waals surface area contributed by atoms with Crippen molar-refractivity contribution in [2.45, 2.75) is 6.54 Å². The summed E-state index contributed by atoms with van der Waals surface area (Å²) in [5.74, 6) is 0.621. The number of aromatic nitrogens is 2. The van der Waals surface area contributed by atoms with Gasteiger partial charge in [0.15, 0.2) is 12.2 Å². The molecule has 4 aromatic rings. The summed E-state index contributed by atoms with van der Waals surface area (Å²) < 4.78 is 5.37. The van der Waals surface area contributed by atoms with E-state index in [1.54, 1.807) is 6.20 Å². The zero-order valence-corrected chi connectivity index (χ0v) is 14.2. The van der Waals surface area contributed by atoms with Crippen molar-refractivity contribution >= 4 is 34.9 Å². The number of rotatable bonds is 3. The topological polar surface area (TPSA) is 67.8 Å². The summed E-state index contributed by atoms with van der Waals surface area (Å²) >= 11 is 6.62. The highest BCUT2D eigenvalue weighted by molar-refractivity contribution is 6.39. The first-order chi connectivity index (χ1) is 11.3. The van der Waals surface area contributed by atoms with Crippen LogP contribution in [0.5, 0.6) is 0 Å². The summed E-state index contributed by atoms with van der Waals surface area (Å²) in [5, 5.41) is 1.61. The Balaban J connectivity index is 0.00000169. The average Bonchev–Trinajstić information content (AvgIpc) is 3.23. The first-order valence-corrected chi connectivity index (χ1v) is 7.64. The lowest BCUT2D eigenvalue weighted by Crippen LogP contribution is -1.95. The standard InChI is InChI=1S/C18H14ClN3O.ClH/c19-17-16-13(12-6-4-11(8-20)5-7-12)2-1-3-14(16)22-18(17)15-9-21-10-23-15;/h1-7,9-10,22H,8,20H2;1H. The van der Waals surface area contributed by atoms with Gasteiger partial charge in [-0.05, 0) is 22.8 Å². The minimum atomic E-state index is 0. The van der Waals surface area contributed by atoms with Gasteiger partial charge in [-0.1, -0.05) is 48.0 Å². The summed E-state index contributed by atoms with van der Waals surface area (Å²) in [6, 6.07) is 14.3. The van der Waals surface area contributed by atoms with Gasteiger partial charge in [0.05, 0.1) is 11.2 Å². The average molecular weight is 360 g/mol. The number of fused-ring (bicyclic) bond motifs is 1. The van der Waals surface area contributed by atoms with Crippen molar-refractivity contribution in [1.82, 2.24) is 9.97 Å². The van der Waals surface area contributed by atoms with Crippen LogP contribution in [0, 0.1) is 0 Å². The van der Waals surface area contributed by atoms with Gasteiger partial charge >= 0.3 is 0 Å². The molecular formula is C18H15Cl2N3O. The molecular weight excluding hydrogens is 345 g/mol. The number of nitrogens with zero attached hydrogens (tertiary/aromatic N) is 1. The zero-order valence-electron chi connectivity index (χ0n) is 12.6. The van der Waals surface area contributed by atoms with Gasteiger partial charge in [-0.2, -0.15) is 0 Å². The van der Waals surface area contributed by atoms with E-state index in [0.29, 0.717) is 17.3 Å².